The molecule has 1 aromatic carbocycles. The summed E-state index contributed by atoms with van der Waals surface area (Å²) in [5.41, 5.74) is 1.01. The van der Waals surface area contributed by atoms with Gasteiger partial charge in [0, 0.05) is 31.6 Å². The zero-order valence-electron chi connectivity index (χ0n) is 15.2. The number of esters is 1. The van der Waals surface area contributed by atoms with E-state index in [1.807, 2.05) is 49.4 Å². The number of benzene rings is 1. The van der Waals surface area contributed by atoms with Crippen molar-refractivity contribution in [2.24, 2.45) is 0 Å². The van der Waals surface area contributed by atoms with Crippen molar-refractivity contribution in [2.45, 2.75) is 39.8 Å². The number of hydrogen-bond acceptors (Lipinski definition) is 4. The van der Waals surface area contributed by atoms with Crippen molar-refractivity contribution in [3.63, 3.8) is 0 Å². The summed E-state index contributed by atoms with van der Waals surface area (Å²) in [7, 11) is 0. The minimum Gasteiger partial charge on any atom is -0.489 e. The van der Waals surface area contributed by atoms with Crippen LogP contribution in [0.5, 0.6) is 5.75 Å². The predicted octanol–water partition coefficient (Wildman–Crippen LogP) is 3.93. The number of ether oxygens (including phenoxy) is 2. The third-order valence-corrected chi connectivity index (χ3v) is 3.55. The van der Waals surface area contributed by atoms with E-state index in [4.69, 9.17) is 9.47 Å². The molecule has 0 saturated carbocycles. The number of para-hydroxylation sites is 1. The molecule has 0 aliphatic heterocycles. The van der Waals surface area contributed by atoms with Gasteiger partial charge >= 0.3 is 5.97 Å². The molecule has 0 fully saturated rings. The molecule has 4 nitrogen and oxygen atoms in total. The molecule has 4 heteroatoms. The minimum absolute atomic E-state index is 0.298. The fraction of sp³-hybridized carbons (Fsp3) is 0.450. The van der Waals surface area contributed by atoms with Crippen LogP contribution in [0.1, 0.15) is 33.3 Å². The summed E-state index contributed by atoms with van der Waals surface area (Å²) in [6.45, 7) is 13.1. The second kappa shape index (κ2) is 10.7. The molecule has 1 unspecified atom stereocenters. The monoisotopic (exact) mass is 331 g/mol. The van der Waals surface area contributed by atoms with Crippen molar-refractivity contribution in [1.82, 2.24) is 4.90 Å². The standard InChI is InChI=1S/C20H29NO3/c1-6-10-18-11-8-9-12-20(18)23-15-19(24-17(5)22)14-21(13-7-2)16(3)4/h6-12,16,19H,2,13-15H2,1,3-5H3/b10-6+. The molecule has 0 amide bonds. The smallest absolute Gasteiger partial charge is 0.303 e. The fourth-order valence-electron chi connectivity index (χ4n) is 2.39. The van der Waals surface area contributed by atoms with E-state index in [2.05, 4.69) is 25.3 Å². The summed E-state index contributed by atoms with van der Waals surface area (Å²) < 4.78 is 11.4. The second-order valence-electron chi connectivity index (χ2n) is 5.92. The topological polar surface area (TPSA) is 38.8 Å². The molecule has 1 aromatic rings. The predicted molar refractivity (Wildman–Crippen MR) is 99.1 cm³/mol. The zero-order chi connectivity index (χ0) is 17.9. The van der Waals surface area contributed by atoms with Gasteiger partial charge < -0.3 is 9.47 Å². The Morgan fingerprint density at radius 1 is 1.33 bits per heavy atom. The van der Waals surface area contributed by atoms with Gasteiger partial charge in [-0.1, -0.05) is 36.4 Å². The number of allylic oxidation sites excluding steroid dienone is 1. The molecule has 24 heavy (non-hydrogen) atoms. The molecule has 0 aromatic heterocycles. The Balaban J connectivity index is 2.79. The van der Waals surface area contributed by atoms with Gasteiger partial charge in [-0.05, 0) is 26.8 Å². The molecular formula is C20H29NO3. The van der Waals surface area contributed by atoms with Crippen LogP contribution in [0.3, 0.4) is 0 Å². The first-order chi connectivity index (χ1) is 11.5. The van der Waals surface area contributed by atoms with Crippen molar-refractivity contribution in [3.8, 4) is 5.75 Å². The van der Waals surface area contributed by atoms with Crippen molar-refractivity contribution < 1.29 is 14.3 Å². The van der Waals surface area contributed by atoms with Gasteiger partial charge in [-0.2, -0.15) is 0 Å². The maximum Gasteiger partial charge on any atom is 0.303 e. The Labute approximate surface area is 145 Å². The van der Waals surface area contributed by atoms with Crippen molar-refractivity contribution in [3.05, 3.63) is 48.6 Å². The van der Waals surface area contributed by atoms with Gasteiger partial charge in [-0.3, -0.25) is 9.69 Å². The highest BCUT2D eigenvalue weighted by Crippen LogP contribution is 2.20. The highest BCUT2D eigenvalue weighted by Gasteiger charge is 2.19. The van der Waals surface area contributed by atoms with Gasteiger partial charge in [0.1, 0.15) is 18.5 Å². The Hall–Kier alpha value is -2.07. The van der Waals surface area contributed by atoms with E-state index in [1.165, 1.54) is 6.92 Å². The summed E-state index contributed by atoms with van der Waals surface area (Å²) in [4.78, 5) is 13.6. The molecule has 0 N–H and O–H groups in total. The van der Waals surface area contributed by atoms with Crippen LogP contribution in [-0.4, -0.2) is 42.7 Å². The fourth-order valence-corrected chi connectivity index (χ4v) is 2.39. The van der Waals surface area contributed by atoms with Gasteiger partial charge in [0.05, 0.1) is 0 Å². The Kier molecular flexibility index (Phi) is 8.87. The van der Waals surface area contributed by atoms with Crippen LogP contribution >= 0.6 is 0 Å². The van der Waals surface area contributed by atoms with Crippen LogP contribution in [0.4, 0.5) is 0 Å². The van der Waals surface area contributed by atoms with Crippen molar-refractivity contribution in [2.75, 3.05) is 19.7 Å². The van der Waals surface area contributed by atoms with E-state index in [0.717, 1.165) is 17.9 Å². The van der Waals surface area contributed by atoms with Crippen LogP contribution in [-0.2, 0) is 9.53 Å². The third-order valence-electron chi connectivity index (χ3n) is 3.55. The summed E-state index contributed by atoms with van der Waals surface area (Å²) in [6.07, 6.45) is 5.49. The Morgan fingerprint density at radius 2 is 2.04 bits per heavy atom. The maximum atomic E-state index is 11.4. The first-order valence-electron chi connectivity index (χ1n) is 8.34. The largest absolute Gasteiger partial charge is 0.489 e. The first-order valence-corrected chi connectivity index (χ1v) is 8.34. The summed E-state index contributed by atoms with van der Waals surface area (Å²) >= 11 is 0. The number of carbonyl (C=O) groups excluding carboxylic acids is 1. The molecule has 1 rings (SSSR count). The van der Waals surface area contributed by atoms with Crippen molar-refractivity contribution in [1.29, 1.82) is 0 Å². The lowest BCUT2D eigenvalue weighted by Crippen LogP contribution is -2.41. The lowest BCUT2D eigenvalue weighted by atomic mass is 10.2. The highest BCUT2D eigenvalue weighted by molar-refractivity contribution is 5.66. The number of carbonyl (C=O) groups is 1. The second-order valence-corrected chi connectivity index (χ2v) is 5.92. The quantitative estimate of drug-likeness (QED) is 0.481. The van der Waals surface area contributed by atoms with E-state index < -0.39 is 0 Å². The molecular weight excluding hydrogens is 302 g/mol. The van der Waals surface area contributed by atoms with Crippen LogP contribution in [0, 0.1) is 0 Å². The van der Waals surface area contributed by atoms with Gasteiger partial charge in [-0.15, -0.1) is 6.58 Å². The van der Waals surface area contributed by atoms with Crippen LogP contribution in [0.25, 0.3) is 6.08 Å². The van der Waals surface area contributed by atoms with Crippen LogP contribution in [0.2, 0.25) is 0 Å². The van der Waals surface area contributed by atoms with E-state index in [9.17, 15) is 4.79 Å². The summed E-state index contributed by atoms with van der Waals surface area (Å²) in [5.74, 6) is 0.486. The SMILES string of the molecule is C=CCN(CC(COc1ccccc1/C=C/C)OC(C)=O)C(C)C. The molecule has 0 heterocycles. The van der Waals surface area contributed by atoms with E-state index >= 15 is 0 Å². The van der Waals surface area contributed by atoms with Gasteiger partial charge in [0.2, 0.25) is 0 Å². The average molecular weight is 331 g/mol. The summed E-state index contributed by atoms with van der Waals surface area (Å²) in [6, 6.07) is 8.15. The molecule has 0 saturated heterocycles. The molecule has 132 valence electrons. The Bertz CT molecular complexity index is 552. The van der Waals surface area contributed by atoms with Gasteiger partial charge in [0.25, 0.3) is 0 Å². The number of rotatable bonds is 10. The van der Waals surface area contributed by atoms with E-state index in [0.29, 0.717) is 19.2 Å². The molecule has 0 aliphatic carbocycles. The summed E-state index contributed by atoms with van der Waals surface area (Å²) in [5, 5.41) is 0. The Morgan fingerprint density at radius 3 is 2.62 bits per heavy atom. The third kappa shape index (κ3) is 7.01. The van der Waals surface area contributed by atoms with Gasteiger partial charge in [-0.25, -0.2) is 0 Å². The molecule has 0 radical (unpaired) electrons. The zero-order valence-corrected chi connectivity index (χ0v) is 15.2. The lowest BCUT2D eigenvalue weighted by molar-refractivity contribution is -0.149. The molecule has 1 atom stereocenters. The molecule has 0 aliphatic rings. The van der Waals surface area contributed by atoms with E-state index in [1.54, 1.807) is 0 Å². The number of hydrogen-bond donors (Lipinski definition) is 0. The van der Waals surface area contributed by atoms with E-state index in [-0.39, 0.29) is 12.1 Å². The molecule has 0 spiro atoms. The van der Waals surface area contributed by atoms with Gasteiger partial charge in [0.15, 0.2) is 0 Å². The van der Waals surface area contributed by atoms with Crippen molar-refractivity contribution >= 4 is 12.0 Å². The number of nitrogens with zero attached hydrogens (tertiary/aromatic N) is 1. The first kappa shape index (κ1) is 20.0. The average Bonchev–Trinajstić information content (AvgIpc) is 2.53. The highest BCUT2D eigenvalue weighted by atomic mass is 16.6. The maximum absolute atomic E-state index is 11.4. The lowest BCUT2D eigenvalue weighted by Gasteiger charge is -2.29. The minimum atomic E-state index is -0.330. The van der Waals surface area contributed by atoms with Crippen LogP contribution < -0.4 is 4.74 Å². The molecule has 0 bridgehead atoms. The van der Waals surface area contributed by atoms with Crippen LogP contribution in [0.15, 0.2) is 43.0 Å². The normalized spacial score (nSPS) is 12.6.